The molecule has 2 saturated heterocycles. The fourth-order valence-electron chi connectivity index (χ4n) is 4.73. The summed E-state index contributed by atoms with van der Waals surface area (Å²) in [6.07, 6.45) is 4.49. The Bertz CT molecular complexity index is 764. The zero-order valence-electron chi connectivity index (χ0n) is 16.8. The molecule has 0 amide bonds. The van der Waals surface area contributed by atoms with Crippen LogP contribution < -0.4 is 11.5 Å². The zero-order chi connectivity index (χ0) is 19.5. The first-order valence-electron chi connectivity index (χ1n) is 10.4. The van der Waals surface area contributed by atoms with E-state index in [0.29, 0.717) is 11.4 Å². The van der Waals surface area contributed by atoms with Crippen molar-refractivity contribution < 1.29 is 4.79 Å². The van der Waals surface area contributed by atoms with E-state index in [2.05, 4.69) is 9.80 Å². The second-order valence-electron chi connectivity index (χ2n) is 7.95. The van der Waals surface area contributed by atoms with Gasteiger partial charge < -0.3 is 11.5 Å². The molecule has 5 nitrogen and oxygen atoms in total. The first-order valence-corrected chi connectivity index (χ1v) is 10.4. The summed E-state index contributed by atoms with van der Waals surface area (Å²) in [5.74, 6) is 0.194. The van der Waals surface area contributed by atoms with E-state index in [0.717, 1.165) is 63.0 Å². The SMILES string of the molecule is Cl.Nc1ccccc1C(C(=O)C(c1ccccc1N)N1CCCC1)N1CCCC1. The molecule has 2 unspecified atom stereocenters. The fourth-order valence-corrected chi connectivity index (χ4v) is 4.73. The van der Waals surface area contributed by atoms with Crippen LogP contribution in [-0.4, -0.2) is 41.8 Å². The van der Waals surface area contributed by atoms with Crippen molar-refractivity contribution in [3.8, 4) is 0 Å². The Morgan fingerprint density at radius 2 is 1.03 bits per heavy atom. The molecular weight excluding hydrogens is 384 g/mol. The van der Waals surface area contributed by atoms with E-state index >= 15 is 0 Å². The Labute approximate surface area is 179 Å². The summed E-state index contributed by atoms with van der Waals surface area (Å²) >= 11 is 0. The van der Waals surface area contributed by atoms with Crippen LogP contribution in [0.1, 0.15) is 48.9 Å². The highest BCUT2D eigenvalue weighted by molar-refractivity contribution is 5.93. The van der Waals surface area contributed by atoms with Crippen molar-refractivity contribution in [3.05, 3.63) is 59.7 Å². The van der Waals surface area contributed by atoms with Gasteiger partial charge >= 0.3 is 0 Å². The number of hydrogen-bond acceptors (Lipinski definition) is 5. The second kappa shape index (κ2) is 9.61. The highest BCUT2D eigenvalue weighted by atomic mass is 35.5. The van der Waals surface area contributed by atoms with E-state index in [-0.39, 0.29) is 30.3 Å². The number of para-hydroxylation sites is 2. The Morgan fingerprint density at radius 1 is 0.690 bits per heavy atom. The maximum atomic E-state index is 14.1. The van der Waals surface area contributed by atoms with Crippen LogP contribution >= 0.6 is 12.4 Å². The lowest BCUT2D eigenvalue weighted by atomic mass is 9.90. The van der Waals surface area contributed by atoms with Gasteiger partial charge in [0.25, 0.3) is 0 Å². The number of ketones is 1. The van der Waals surface area contributed by atoms with Gasteiger partial charge in [0.1, 0.15) is 0 Å². The third-order valence-corrected chi connectivity index (χ3v) is 6.13. The average Bonchev–Trinajstić information content (AvgIpc) is 3.40. The van der Waals surface area contributed by atoms with Crippen LogP contribution in [0, 0.1) is 0 Å². The van der Waals surface area contributed by atoms with Crippen LogP contribution in [0.15, 0.2) is 48.5 Å². The number of nitrogen functional groups attached to an aromatic ring is 2. The summed E-state index contributed by atoms with van der Waals surface area (Å²) < 4.78 is 0. The Morgan fingerprint density at radius 3 is 1.38 bits per heavy atom. The largest absolute Gasteiger partial charge is 0.398 e. The van der Waals surface area contributed by atoms with E-state index in [1.807, 2.05) is 48.5 Å². The predicted octanol–water partition coefficient (Wildman–Crippen LogP) is 3.82. The van der Waals surface area contributed by atoms with E-state index in [9.17, 15) is 4.79 Å². The summed E-state index contributed by atoms with van der Waals surface area (Å²) in [5.41, 5.74) is 15.9. The van der Waals surface area contributed by atoms with Gasteiger partial charge in [-0.25, -0.2) is 0 Å². The van der Waals surface area contributed by atoms with Crippen molar-refractivity contribution in [1.82, 2.24) is 9.80 Å². The summed E-state index contributed by atoms with van der Waals surface area (Å²) in [4.78, 5) is 18.7. The number of nitrogens with two attached hydrogens (primary N) is 2. The predicted molar refractivity (Wildman–Crippen MR) is 121 cm³/mol. The van der Waals surface area contributed by atoms with E-state index in [4.69, 9.17) is 11.5 Å². The summed E-state index contributed by atoms with van der Waals surface area (Å²) in [6.45, 7) is 3.73. The summed E-state index contributed by atoms with van der Waals surface area (Å²) in [7, 11) is 0. The van der Waals surface area contributed by atoms with Gasteiger partial charge in [-0.1, -0.05) is 36.4 Å². The molecule has 2 atom stereocenters. The lowest BCUT2D eigenvalue weighted by Crippen LogP contribution is -2.41. The van der Waals surface area contributed by atoms with E-state index in [1.165, 1.54) is 0 Å². The number of rotatable bonds is 6. The average molecular weight is 415 g/mol. The minimum absolute atomic E-state index is 0. The number of halogens is 1. The van der Waals surface area contributed by atoms with Crippen LogP contribution in [-0.2, 0) is 4.79 Å². The maximum Gasteiger partial charge on any atom is 0.176 e. The lowest BCUT2D eigenvalue weighted by Gasteiger charge is -2.35. The van der Waals surface area contributed by atoms with Crippen molar-refractivity contribution in [2.24, 2.45) is 0 Å². The highest BCUT2D eigenvalue weighted by Crippen LogP contribution is 2.38. The van der Waals surface area contributed by atoms with Gasteiger partial charge in [0.2, 0.25) is 0 Å². The smallest absolute Gasteiger partial charge is 0.176 e. The lowest BCUT2D eigenvalue weighted by molar-refractivity contribution is -0.129. The standard InChI is InChI=1S/C23H30N4O.ClH/c24-19-11-3-1-9-17(19)21(26-13-5-6-14-26)23(28)22(27-15-7-8-16-27)18-10-2-4-12-20(18)25;/h1-4,9-12,21-22H,5-8,13-16,24-25H2;1H. The molecule has 2 fully saturated rings. The first-order chi connectivity index (χ1) is 13.7. The van der Waals surface area contributed by atoms with Gasteiger partial charge in [0, 0.05) is 11.4 Å². The van der Waals surface area contributed by atoms with Gasteiger partial charge in [0.05, 0.1) is 12.1 Å². The molecule has 0 spiro atoms. The van der Waals surface area contributed by atoms with Crippen molar-refractivity contribution in [2.45, 2.75) is 37.8 Å². The minimum atomic E-state index is -0.325. The summed E-state index contributed by atoms with van der Waals surface area (Å²) in [5, 5.41) is 0. The fraction of sp³-hybridized carbons (Fsp3) is 0.435. The monoisotopic (exact) mass is 414 g/mol. The van der Waals surface area contributed by atoms with Crippen LogP contribution in [0.4, 0.5) is 11.4 Å². The minimum Gasteiger partial charge on any atom is -0.398 e. The highest BCUT2D eigenvalue weighted by Gasteiger charge is 2.39. The molecule has 6 heteroatoms. The second-order valence-corrected chi connectivity index (χ2v) is 7.95. The van der Waals surface area contributed by atoms with E-state index < -0.39 is 0 Å². The van der Waals surface area contributed by atoms with Crippen molar-refractivity contribution in [3.63, 3.8) is 0 Å². The van der Waals surface area contributed by atoms with Gasteiger partial charge in [0.15, 0.2) is 5.78 Å². The topological polar surface area (TPSA) is 75.6 Å². The van der Waals surface area contributed by atoms with Crippen molar-refractivity contribution >= 4 is 29.6 Å². The van der Waals surface area contributed by atoms with Gasteiger partial charge in [-0.2, -0.15) is 0 Å². The first kappa shape index (κ1) is 21.6. The molecule has 2 aliphatic heterocycles. The normalized spacial score (nSPS) is 19.6. The number of hydrogen-bond donors (Lipinski definition) is 2. The van der Waals surface area contributed by atoms with Gasteiger partial charge in [-0.05, 0) is 75.1 Å². The van der Waals surface area contributed by atoms with Crippen LogP contribution in [0.3, 0.4) is 0 Å². The Hall–Kier alpha value is -2.08. The number of carbonyl (C=O) groups excluding carboxylic acids is 1. The quantitative estimate of drug-likeness (QED) is 0.703. The molecular formula is C23H31ClN4O. The molecule has 2 aromatic carbocycles. The van der Waals surface area contributed by atoms with Crippen LogP contribution in [0.2, 0.25) is 0 Å². The molecule has 2 heterocycles. The summed E-state index contributed by atoms with van der Waals surface area (Å²) in [6, 6.07) is 15.0. The van der Waals surface area contributed by atoms with Gasteiger partial charge in [-0.15, -0.1) is 12.4 Å². The Kier molecular flexibility index (Phi) is 7.17. The molecule has 2 aliphatic rings. The molecule has 0 aliphatic carbocycles. The molecule has 156 valence electrons. The third kappa shape index (κ3) is 4.42. The number of benzene rings is 2. The molecule has 29 heavy (non-hydrogen) atoms. The molecule has 0 radical (unpaired) electrons. The molecule has 0 bridgehead atoms. The number of likely N-dealkylation sites (tertiary alicyclic amines) is 2. The van der Waals surface area contributed by atoms with Crippen molar-refractivity contribution in [1.29, 1.82) is 0 Å². The van der Waals surface area contributed by atoms with Crippen LogP contribution in [0.5, 0.6) is 0 Å². The molecule has 4 rings (SSSR count). The Balaban J connectivity index is 0.00000240. The molecule has 0 aromatic heterocycles. The maximum absolute atomic E-state index is 14.1. The van der Waals surface area contributed by atoms with E-state index in [1.54, 1.807) is 0 Å². The number of carbonyl (C=O) groups is 1. The van der Waals surface area contributed by atoms with Crippen molar-refractivity contribution in [2.75, 3.05) is 37.6 Å². The molecule has 0 saturated carbocycles. The number of Topliss-reactive ketones (excluding diaryl/α,β-unsaturated/α-hetero) is 1. The zero-order valence-corrected chi connectivity index (χ0v) is 17.6. The number of anilines is 2. The third-order valence-electron chi connectivity index (χ3n) is 6.13. The molecule has 2 aromatic rings. The van der Waals surface area contributed by atoms with Crippen LogP contribution in [0.25, 0.3) is 0 Å². The number of nitrogens with zero attached hydrogens (tertiary/aromatic N) is 2. The molecule has 4 N–H and O–H groups in total. The van der Waals surface area contributed by atoms with Gasteiger partial charge in [-0.3, -0.25) is 14.6 Å².